The lowest BCUT2D eigenvalue weighted by molar-refractivity contribution is 0.697. The number of hydrogen-bond acceptors (Lipinski definition) is 1. The molecular weight excluding hydrogens is 142 g/mol. The average Bonchev–Trinajstić information content (AvgIpc) is 1.39. The second kappa shape index (κ2) is 16.7. The summed E-state index contributed by atoms with van der Waals surface area (Å²) in [5.74, 6) is 0. The van der Waals surface area contributed by atoms with Crippen LogP contribution in [-0.2, 0) is 3.84 Å². The molecule has 4 heteroatoms. The summed E-state index contributed by atoms with van der Waals surface area (Å²) in [5, 5.41) is 0. The van der Waals surface area contributed by atoms with Crippen LogP contribution < -0.4 is 0 Å². The topological polar surface area (TPSA) is 9.23 Å². The lowest BCUT2D eigenvalue weighted by Gasteiger charge is -1.50. The number of hydrogen-bond donors (Lipinski definition) is 0. The van der Waals surface area contributed by atoms with Crippen LogP contribution in [0.4, 0.5) is 0 Å². The highest BCUT2D eigenvalue weighted by atomic mass is 35.6. The minimum atomic E-state index is 1.08. The van der Waals surface area contributed by atoms with Crippen LogP contribution in [0.15, 0.2) is 0 Å². The van der Waals surface area contributed by atoms with Gasteiger partial charge in [0.2, 0.25) is 0 Å². The zero-order chi connectivity index (χ0) is 5.41. The summed E-state index contributed by atoms with van der Waals surface area (Å²) in [7, 11) is 1.08. The monoisotopic (exact) mass is 148 g/mol. The largest absolute Gasteiger partial charge is 0.166 e. The van der Waals surface area contributed by atoms with Crippen molar-refractivity contribution < 1.29 is 3.84 Å². The Kier molecular flexibility index (Phi) is 28.0. The van der Waals surface area contributed by atoms with Crippen LogP contribution in [0.3, 0.4) is 0 Å². The normalized spacial score (nSPS) is 6.00. The standard InChI is InChI=1S/C2H7P.Cl2O/c2*1-3-2/h3H,1-2H3;. The van der Waals surface area contributed by atoms with E-state index < -0.39 is 0 Å². The van der Waals surface area contributed by atoms with Crippen LogP contribution in [0.2, 0.25) is 0 Å². The summed E-state index contributed by atoms with van der Waals surface area (Å²) < 4.78 is 3.19. The molecule has 0 spiro atoms. The van der Waals surface area contributed by atoms with Crippen LogP contribution in [-0.4, -0.2) is 13.3 Å². The van der Waals surface area contributed by atoms with Gasteiger partial charge < -0.3 is 0 Å². The van der Waals surface area contributed by atoms with Gasteiger partial charge in [-0.05, 0) is 13.3 Å². The van der Waals surface area contributed by atoms with E-state index in [-0.39, 0.29) is 0 Å². The first-order valence-corrected chi connectivity index (χ1v) is 3.93. The highest BCUT2D eigenvalue weighted by molar-refractivity contribution is 7.35. The Morgan fingerprint density at radius 3 is 1.33 bits per heavy atom. The van der Waals surface area contributed by atoms with Gasteiger partial charge in [-0.3, -0.25) is 0 Å². The van der Waals surface area contributed by atoms with Gasteiger partial charge >= 0.3 is 0 Å². The average molecular weight is 149 g/mol. The second-order valence-corrected chi connectivity index (χ2v) is 2.02. The Morgan fingerprint density at radius 1 is 1.33 bits per heavy atom. The van der Waals surface area contributed by atoms with Crippen molar-refractivity contribution in [2.24, 2.45) is 0 Å². The van der Waals surface area contributed by atoms with E-state index in [1.165, 1.54) is 0 Å². The van der Waals surface area contributed by atoms with Crippen LogP contribution in [0.25, 0.3) is 0 Å². The molecule has 0 amide bonds. The van der Waals surface area contributed by atoms with Gasteiger partial charge in [0.25, 0.3) is 0 Å². The molecule has 0 aromatic carbocycles. The van der Waals surface area contributed by atoms with Gasteiger partial charge in [-0.1, -0.05) is 0 Å². The molecular formula is C2H7Cl2OP. The summed E-state index contributed by atoms with van der Waals surface area (Å²) in [6.07, 6.45) is 0. The molecule has 1 nitrogen and oxygen atoms in total. The molecule has 0 N–H and O–H groups in total. The first-order valence-electron chi connectivity index (χ1n) is 1.31. The van der Waals surface area contributed by atoms with Crippen molar-refractivity contribution in [1.29, 1.82) is 0 Å². The Hall–Kier alpha value is 0.970. The fourth-order valence-corrected chi connectivity index (χ4v) is 0. The van der Waals surface area contributed by atoms with Crippen molar-refractivity contribution in [3.63, 3.8) is 0 Å². The van der Waals surface area contributed by atoms with Crippen LogP contribution in [0.5, 0.6) is 0 Å². The molecule has 0 radical (unpaired) electrons. The third-order valence-electron chi connectivity index (χ3n) is 0. The molecule has 0 atom stereocenters. The second-order valence-electron chi connectivity index (χ2n) is 0.558. The summed E-state index contributed by atoms with van der Waals surface area (Å²) >= 11 is 8.53. The summed E-state index contributed by atoms with van der Waals surface area (Å²) in [5.41, 5.74) is 0. The Bertz CT molecular complexity index is 13.5. The molecule has 0 saturated heterocycles. The van der Waals surface area contributed by atoms with E-state index in [0.29, 0.717) is 0 Å². The summed E-state index contributed by atoms with van der Waals surface area (Å²) in [6, 6.07) is 0. The van der Waals surface area contributed by atoms with Crippen molar-refractivity contribution in [3.05, 3.63) is 0 Å². The van der Waals surface area contributed by atoms with E-state index in [1.807, 2.05) is 0 Å². The van der Waals surface area contributed by atoms with Gasteiger partial charge in [0.15, 0.2) is 0 Å². The Balaban J connectivity index is 0. The summed E-state index contributed by atoms with van der Waals surface area (Å²) in [6.45, 7) is 4.31. The maximum Gasteiger partial charge on any atom is 0.0832 e. The van der Waals surface area contributed by atoms with Crippen molar-refractivity contribution >= 4 is 32.3 Å². The van der Waals surface area contributed by atoms with Crippen molar-refractivity contribution in [2.45, 2.75) is 0 Å². The van der Waals surface area contributed by atoms with E-state index >= 15 is 0 Å². The molecule has 0 aromatic heterocycles. The lowest BCUT2D eigenvalue weighted by Crippen LogP contribution is -1.18. The van der Waals surface area contributed by atoms with E-state index in [2.05, 4.69) is 40.9 Å². The minimum Gasteiger partial charge on any atom is -0.166 e. The minimum absolute atomic E-state index is 1.08. The predicted octanol–water partition coefficient (Wildman–Crippen LogP) is 2.24. The smallest absolute Gasteiger partial charge is 0.0832 e. The van der Waals surface area contributed by atoms with Gasteiger partial charge in [-0.25, -0.2) is 0 Å². The van der Waals surface area contributed by atoms with Crippen LogP contribution >= 0.6 is 32.3 Å². The highest BCUT2D eigenvalue weighted by Gasteiger charge is 1.38. The van der Waals surface area contributed by atoms with Crippen molar-refractivity contribution in [1.82, 2.24) is 0 Å². The lowest BCUT2D eigenvalue weighted by atomic mass is 11.9. The quantitative estimate of drug-likeness (QED) is 0.479. The molecule has 0 fully saturated rings. The van der Waals surface area contributed by atoms with Crippen molar-refractivity contribution in [2.75, 3.05) is 13.3 Å². The van der Waals surface area contributed by atoms with Crippen molar-refractivity contribution in [3.8, 4) is 0 Å². The Morgan fingerprint density at radius 2 is 1.33 bits per heavy atom. The molecule has 0 rings (SSSR count). The van der Waals surface area contributed by atoms with Gasteiger partial charge in [-0.15, -0.1) is 8.58 Å². The van der Waals surface area contributed by atoms with E-state index in [4.69, 9.17) is 0 Å². The zero-order valence-electron chi connectivity index (χ0n) is 3.66. The van der Waals surface area contributed by atoms with Gasteiger partial charge in [0.05, 0.1) is 23.7 Å². The highest BCUT2D eigenvalue weighted by Crippen LogP contribution is 1.84. The van der Waals surface area contributed by atoms with Gasteiger partial charge in [-0.2, -0.15) is 3.84 Å². The molecule has 0 aliphatic rings. The van der Waals surface area contributed by atoms with E-state index in [9.17, 15) is 0 Å². The van der Waals surface area contributed by atoms with Gasteiger partial charge in [0.1, 0.15) is 0 Å². The molecule has 0 saturated carbocycles. The maximum atomic E-state index is 4.26. The molecule has 0 heterocycles. The number of rotatable bonds is 0. The SMILES string of the molecule is CPC.ClOCl. The molecule has 0 bridgehead atoms. The first kappa shape index (κ1) is 10.1. The molecule has 40 valence electrons. The fourth-order valence-electron chi connectivity index (χ4n) is 0. The molecule has 0 aliphatic carbocycles. The molecule has 0 unspecified atom stereocenters. The molecule has 0 aliphatic heterocycles. The Labute approximate surface area is 50.1 Å². The van der Waals surface area contributed by atoms with E-state index in [1.54, 1.807) is 0 Å². The molecule has 6 heavy (non-hydrogen) atoms. The predicted molar refractivity (Wildman–Crippen MR) is 33.0 cm³/mol. The number of halogens is 2. The van der Waals surface area contributed by atoms with Crippen LogP contribution in [0, 0.1) is 0 Å². The van der Waals surface area contributed by atoms with Gasteiger partial charge in [0, 0.05) is 0 Å². The summed E-state index contributed by atoms with van der Waals surface area (Å²) in [4.78, 5) is 0. The maximum absolute atomic E-state index is 4.26. The third kappa shape index (κ3) is 83.3. The van der Waals surface area contributed by atoms with E-state index in [0.717, 1.165) is 8.58 Å². The zero-order valence-corrected chi connectivity index (χ0v) is 6.18. The fraction of sp³-hybridized carbons (Fsp3) is 1.00. The van der Waals surface area contributed by atoms with Crippen LogP contribution in [0.1, 0.15) is 0 Å². The first-order chi connectivity index (χ1) is 2.83. The third-order valence-corrected chi connectivity index (χ3v) is 0. The molecule has 0 aromatic rings.